The van der Waals surface area contributed by atoms with E-state index < -0.39 is 0 Å². The Labute approximate surface area is 118 Å². The van der Waals surface area contributed by atoms with Gasteiger partial charge in [0.1, 0.15) is 5.82 Å². The molecule has 1 aromatic heterocycles. The molecule has 0 aliphatic rings. The molecule has 20 heavy (non-hydrogen) atoms. The maximum atomic E-state index is 11.3. The molecule has 6 heteroatoms. The molecule has 0 aliphatic carbocycles. The molecule has 0 bridgehead atoms. The van der Waals surface area contributed by atoms with Crippen LogP contribution >= 0.6 is 0 Å². The second-order valence-corrected chi connectivity index (χ2v) is 4.80. The Hall–Kier alpha value is -2.18. The predicted molar refractivity (Wildman–Crippen MR) is 76.5 cm³/mol. The fourth-order valence-corrected chi connectivity index (χ4v) is 2.00. The van der Waals surface area contributed by atoms with E-state index in [0.29, 0.717) is 5.56 Å². The number of benzene rings is 1. The zero-order chi connectivity index (χ0) is 14.5. The highest BCUT2D eigenvalue weighted by molar-refractivity contribution is 5.93. The second kappa shape index (κ2) is 6.31. The fourth-order valence-electron chi connectivity index (χ4n) is 2.00. The number of aromatic nitrogens is 2. The van der Waals surface area contributed by atoms with Gasteiger partial charge in [0.15, 0.2) is 0 Å². The minimum Gasteiger partial charge on any atom is -0.337 e. The zero-order valence-corrected chi connectivity index (χ0v) is 11.7. The Morgan fingerprint density at radius 3 is 2.60 bits per heavy atom. The third kappa shape index (κ3) is 3.43. The van der Waals surface area contributed by atoms with Crippen molar-refractivity contribution in [2.45, 2.75) is 13.1 Å². The van der Waals surface area contributed by atoms with E-state index in [1.165, 1.54) is 0 Å². The van der Waals surface area contributed by atoms with Gasteiger partial charge in [0, 0.05) is 31.5 Å². The number of carbonyl (C=O) groups excluding carboxylic acids is 1. The summed E-state index contributed by atoms with van der Waals surface area (Å²) in [6.07, 6.45) is 3.73. The number of amides is 1. The van der Waals surface area contributed by atoms with Crippen LogP contribution in [-0.2, 0) is 20.1 Å². The lowest BCUT2D eigenvalue weighted by Gasteiger charge is -2.16. The van der Waals surface area contributed by atoms with Crippen molar-refractivity contribution in [3.63, 3.8) is 0 Å². The molecule has 6 nitrogen and oxygen atoms in total. The predicted octanol–water partition coefficient (Wildman–Crippen LogP) is 0.656. The second-order valence-electron chi connectivity index (χ2n) is 4.80. The van der Waals surface area contributed by atoms with Gasteiger partial charge in [-0.1, -0.05) is 12.1 Å². The third-order valence-corrected chi connectivity index (χ3v) is 3.13. The molecule has 1 amide bonds. The average molecular weight is 273 g/mol. The van der Waals surface area contributed by atoms with Crippen LogP contribution in [0.25, 0.3) is 0 Å². The van der Waals surface area contributed by atoms with Crippen LogP contribution in [0.5, 0.6) is 0 Å². The molecular formula is C14H19N5O. The lowest BCUT2D eigenvalue weighted by molar-refractivity contribution is 0.0953. The Balaban J connectivity index is 1.96. The summed E-state index contributed by atoms with van der Waals surface area (Å²) in [6.45, 7) is 1.56. The Kier molecular flexibility index (Phi) is 4.49. The van der Waals surface area contributed by atoms with Gasteiger partial charge in [-0.15, -0.1) is 0 Å². The smallest absolute Gasteiger partial charge is 0.265 e. The molecule has 2 aromatic rings. The van der Waals surface area contributed by atoms with Crippen LogP contribution in [0.1, 0.15) is 21.7 Å². The van der Waals surface area contributed by atoms with E-state index in [4.69, 9.17) is 5.84 Å². The monoisotopic (exact) mass is 273 g/mol. The van der Waals surface area contributed by atoms with E-state index in [9.17, 15) is 4.79 Å². The number of hydrogen-bond acceptors (Lipinski definition) is 4. The Bertz CT molecular complexity index is 576. The van der Waals surface area contributed by atoms with E-state index in [2.05, 4.69) is 15.3 Å². The molecule has 0 radical (unpaired) electrons. The van der Waals surface area contributed by atoms with Crippen LogP contribution in [0.3, 0.4) is 0 Å². The van der Waals surface area contributed by atoms with Crippen LogP contribution in [0.2, 0.25) is 0 Å². The summed E-state index contributed by atoms with van der Waals surface area (Å²) in [4.78, 5) is 17.8. The highest BCUT2D eigenvalue weighted by atomic mass is 16.2. The molecule has 2 rings (SSSR count). The van der Waals surface area contributed by atoms with Gasteiger partial charge in [-0.3, -0.25) is 15.1 Å². The topological polar surface area (TPSA) is 76.2 Å². The third-order valence-electron chi connectivity index (χ3n) is 3.13. The van der Waals surface area contributed by atoms with E-state index in [1.807, 2.05) is 37.0 Å². The molecule has 0 aliphatic heterocycles. The van der Waals surface area contributed by atoms with Gasteiger partial charge >= 0.3 is 0 Å². The van der Waals surface area contributed by atoms with Crippen LogP contribution in [0.15, 0.2) is 36.7 Å². The summed E-state index contributed by atoms with van der Waals surface area (Å²) >= 11 is 0. The molecular weight excluding hydrogens is 254 g/mol. The van der Waals surface area contributed by atoms with Crippen LogP contribution < -0.4 is 11.3 Å². The van der Waals surface area contributed by atoms with Gasteiger partial charge < -0.3 is 4.57 Å². The summed E-state index contributed by atoms with van der Waals surface area (Å²) in [5.41, 5.74) is 3.81. The summed E-state index contributed by atoms with van der Waals surface area (Å²) in [5.74, 6) is 5.84. The maximum absolute atomic E-state index is 11.3. The fraction of sp³-hybridized carbons (Fsp3) is 0.286. The first-order chi connectivity index (χ1) is 9.60. The van der Waals surface area contributed by atoms with Crippen molar-refractivity contribution in [2.24, 2.45) is 12.9 Å². The number of carbonyl (C=O) groups is 1. The molecule has 1 heterocycles. The molecule has 3 N–H and O–H groups in total. The lowest BCUT2D eigenvalue weighted by Crippen LogP contribution is -2.29. The van der Waals surface area contributed by atoms with Crippen LogP contribution in [0.4, 0.5) is 0 Å². The van der Waals surface area contributed by atoms with Crippen molar-refractivity contribution in [3.8, 4) is 0 Å². The van der Waals surface area contributed by atoms with E-state index >= 15 is 0 Å². The molecule has 0 atom stereocenters. The van der Waals surface area contributed by atoms with Gasteiger partial charge in [0.2, 0.25) is 0 Å². The number of nitrogens with one attached hydrogen (secondary N) is 1. The summed E-state index contributed by atoms with van der Waals surface area (Å²) < 4.78 is 2.01. The summed E-state index contributed by atoms with van der Waals surface area (Å²) in [6, 6.07) is 7.40. The van der Waals surface area contributed by atoms with Crippen molar-refractivity contribution in [3.05, 3.63) is 53.6 Å². The first-order valence-electron chi connectivity index (χ1n) is 6.35. The molecule has 106 valence electrons. The maximum Gasteiger partial charge on any atom is 0.265 e. The summed E-state index contributed by atoms with van der Waals surface area (Å²) in [7, 11) is 4.02. The molecule has 0 spiro atoms. The molecule has 0 unspecified atom stereocenters. The van der Waals surface area contributed by atoms with E-state index in [0.717, 1.165) is 24.5 Å². The number of hydrazine groups is 1. The number of hydrogen-bond donors (Lipinski definition) is 2. The highest BCUT2D eigenvalue weighted by Crippen LogP contribution is 2.08. The van der Waals surface area contributed by atoms with Gasteiger partial charge in [0.25, 0.3) is 5.91 Å². The minimum atomic E-state index is -0.280. The molecule has 0 saturated carbocycles. The number of nitrogens with zero attached hydrogens (tertiary/aromatic N) is 3. The Morgan fingerprint density at radius 2 is 2.05 bits per heavy atom. The number of rotatable bonds is 5. The SMILES string of the molecule is CN(Cc1ccc(C(=O)NN)cc1)Cc1nccn1C. The van der Waals surface area contributed by atoms with Gasteiger partial charge in [-0.25, -0.2) is 10.8 Å². The van der Waals surface area contributed by atoms with Gasteiger partial charge in [0.05, 0.1) is 6.54 Å². The number of nitrogens with two attached hydrogens (primary N) is 1. The van der Waals surface area contributed by atoms with Gasteiger partial charge in [-0.05, 0) is 24.7 Å². The van der Waals surface area contributed by atoms with Crippen molar-refractivity contribution >= 4 is 5.91 Å². The molecule has 0 fully saturated rings. The normalized spacial score (nSPS) is 10.8. The average Bonchev–Trinajstić information content (AvgIpc) is 2.84. The minimum absolute atomic E-state index is 0.280. The summed E-state index contributed by atoms with van der Waals surface area (Å²) in [5, 5.41) is 0. The number of nitrogen functional groups attached to an aromatic ring is 1. The molecule has 0 saturated heterocycles. The Morgan fingerprint density at radius 1 is 1.35 bits per heavy atom. The highest BCUT2D eigenvalue weighted by Gasteiger charge is 2.07. The van der Waals surface area contributed by atoms with Crippen molar-refractivity contribution in [2.75, 3.05) is 7.05 Å². The quantitative estimate of drug-likeness (QED) is 0.476. The van der Waals surface area contributed by atoms with Gasteiger partial charge in [-0.2, -0.15) is 0 Å². The van der Waals surface area contributed by atoms with Crippen molar-refractivity contribution < 1.29 is 4.79 Å². The van der Waals surface area contributed by atoms with E-state index in [-0.39, 0.29) is 5.91 Å². The number of aryl methyl sites for hydroxylation is 1. The number of imidazole rings is 1. The van der Waals surface area contributed by atoms with Crippen molar-refractivity contribution in [1.82, 2.24) is 19.9 Å². The van der Waals surface area contributed by atoms with Crippen LogP contribution in [0, 0.1) is 0 Å². The lowest BCUT2D eigenvalue weighted by atomic mass is 10.1. The zero-order valence-electron chi connectivity index (χ0n) is 11.7. The first kappa shape index (κ1) is 14.2. The molecule has 1 aromatic carbocycles. The van der Waals surface area contributed by atoms with Crippen molar-refractivity contribution in [1.29, 1.82) is 0 Å². The standard InChI is InChI=1S/C14H19N5O/c1-18(10-13-16-7-8-19(13)2)9-11-3-5-12(6-4-11)14(20)17-15/h3-8H,9-10,15H2,1-2H3,(H,17,20). The largest absolute Gasteiger partial charge is 0.337 e. The van der Waals surface area contributed by atoms with E-state index in [1.54, 1.807) is 18.3 Å². The first-order valence-corrected chi connectivity index (χ1v) is 6.35. The van der Waals surface area contributed by atoms with Crippen LogP contribution in [-0.4, -0.2) is 27.4 Å².